The summed E-state index contributed by atoms with van der Waals surface area (Å²) in [7, 11) is 0. The molecule has 3 rings (SSSR count). The van der Waals surface area contributed by atoms with E-state index < -0.39 is 11.7 Å². The number of carbonyl (C=O) groups is 1. The molecule has 1 aliphatic rings. The Bertz CT molecular complexity index is 732. The Hall–Kier alpha value is -2.31. The summed E-state index contributed by atoms with van der Waals surface area (Å²) in [6.45, 7) is 3.89. The summed E-state index contributed by atoms with van der Waals surface area (Å²) in [6, 6.07) is 5.04. The maximum absolute atomic E-state index is 12.7. The van der Waals surface area contributed by atoms with Crippen molar-refractivity contribution in [1.29, 1.82) is 0 Å². The largest absolute Gasteiger partial charge is 0.416 e. The minimum atomic E-state index is -4.36. The molecule has 0 aliphatic carbocycles. The van der Waals surface area contributed by atoms with Gasteiger partial charge in [-0.3, -0.25) is 4.79 Å². The predicted octanol–water partition coefficient (Wildman–Crippen LogP) is 3.96. The molecule has 1 aromatic carbocycles. The number of halogens is 3. The molecule has 4 nitrogen and oxygen atoms in total. The lowest BCUT2D eigenvalue weighted by Gasteiger charge is -2.24. The van der Waals surface area contributed by atoms with Crippen LogP contribution in [0.25, 0.3) is 0 Å². The molecule has 0 spiro atoms. The van der Waals surface area contributed by atoms with E-state index in [1.807, 2.05) is 13.8 Å². The van der Waals surface area contributed by atoms with E-state index in [0.29, 0.717) is 11.4 Å². The van der Waals surface area contributed by atoms with Crippen molar-refractivity contribution in [1.82, 2.24) is 9.78 Å². The zero-order valence-corrected chi connectivity index (χ0v) is 12.7. The normalized spacial score (nSPS) is 18.0. The Kier molecular flexibility index (Phi) is 3.66. The van der Waals surface area contributed by atoms with Crippen LogP contribution in [0.15, 0.2) is 30.5 Å². The Morgan fingerprint density at radius 3 is 2.48 bits per heavy atom. The van der Waals surface area contributed by atoms with Crippen molar-refractivity contribution in [3.8, 4) is 0 Å². The minimum absolute atomic E-state index is 0.0744. The monoisotopic (exact) mass is 323 g/mol. The van der Waals surface area contributed by atoms with Gasteiger partial charge in [0.15, 0.2) is 0 Å². The highest BCUT2D eigenvalue weighted by Crippen LogP contribution is 2.39. The van der Waals surface area contributed by atoms with Crippen molar-refractivity contribution in [2.75, 3.05) is 5.32 Å². The van der Waals surface area contributed by atoms with Gasteiger partial charge < -0.3 is 5.32 Å². The molecule has 1 aromatic heterocycles. The van der Waals surface area contributed by atoms with Crippen molar-refractivity contribution in [3.63, 3.8) is 0 Å². The molecule has 1 aliphatic heterocycles. The number of hydrogen-bond acceptors (Lipinski definition) is 2. The van der Waals surface area contributed by atoms with Gasteiger partial charge in [-0.05, 0) is 31.5 Å². The summed E-state index contributed by atoms with van der Waals surface area (Å²) in [6.07, 6.45) is -2.49. The van der Waals surface area contributed by atoms with Gasteiger partial charge in [-0.25, -0.2) is 4.68 Å². The number of hydrogen-bond donors (Lipinski definition) is 1. The Labute approximate surface area is 131 Å². The van der Waals surface area contributed by atoms with Gasteiger partial charge in [-0.1, -0.05) is 12.1 Å². The predicted molar refractivity (Wildman–Crippen MR) is 79.1 cm³/mol. The van der Waals surface area contributed by atoms with Gasteiger partial charge >= 0.3 is 6.18 Å². The lowest BCUT2D eigenvalue weighted by molar-refractivity contribution is -0.137. The average Bonchev–Trinajstić information content (AvgIpc) is 2.89. The van der Waals surface area contributed by atoms with Gasteiger partial charge in [0.1, 0.15) is 5.82 Å². The quantitative estimate of drug-likeness (QED) is 0.909. The van der Waals surface area contributed by atoms with Crippen molar-refractivity contribution in [2.45, 2.75) is 38.4 Å². The first-order valence-corrected chi connectivity index (χ1v) is 7.31. The number of anilines is 1. The molecule has 0 radical (unpaired) electrons. The third kappa shape index (κ3) is 2.83. The Morgan fingerprint density at radius 1 is 1.26 bits per heavy atom. The lowest BCUT2D eigenvalue weighted by atomic mass is 9.87. The first kappa shape index (κ1) is 15.6. The second kappa shape index (κ2) is 5.40. The van der Waals surface area contributed by atoms with Crippen LogP contribution < -0.4 is 5.32 Å². The molecule has 0 bridgehead atoms. The van der Waals surface area contributed by atoms with E-state index in [2.05, 4.69) is 10.4 Å². The molecule has 1 atom stereocenters. The van der Waals surface area contributed by atoms with Crippen molar-refractivity contribution >= 4 is 11.7 Å². The molecule has 1 unspecified atom stereocenters. The van der Waals surface area contributed by atoms with Crippen LogP contribution in [-0.4, -0.2) is 15.7 Å². The van der Waals surface area contributed by atoms with Gasteiger partial charge in [0, 0.05) is 23.9 Å². The SMILES string of the molecule is CC(C)n1ncc2c1NC(=O)CC2c1ccc(C(F)(F)F)cc1. The van der Waals surface area contributed by atoms with Crippen LogP contribution in [0.3, 0.4) is 0 Å². The summed E-state index contributed by atoms with van der Waals surface area (Å²) in [4.78, 5) is 12.0. The highest BCUT2D eigenvalue weighted by molar-refractivity contribution is 5.94. The number of carbonyl (C=O) groups excluding carboxylic acids is 1. The molecule has 1 N–H and O–H groups in total. The molecule has 2 aromatic rings. The standard InChI is InChI=1S/C16H16F3N3O/c1-9(2)22-15-13(8-20-22)12(7-14(23)21-15)10-3-5-11(6-4-10)16(17,18)19/h3-6,8-9,12H,7H2,1-2H3,(H,21,23). The number of alkyl halides is 3. The molecular formula is C16H16F3N3O. The second-order valence-electron chi connectivity index (χ2n) is 5.91. The van der Waals surface area contributed by atoms with E-state index in [-0.39, 0.29) is 24.3 Å². The third-order valence-corrected chi connectivity index (χ3v) is 3.98. The lowest BCUT2D eigenvalue weighted by Crippen LogP contribution is -2.25. The first-order chi connectivity index (χ1) is 10.8. The highest BCUT2D eigenvalue weighted by Gasteiger charge is 2.33. The molecule has 2 heterocycles. The number of fused-ring (bicyclic) bond motifs is 1. The summed E-state index contributed by atoms with van der Waals surface area (Å²) < 4.78 is 39.7. The van der Waals surface area contributed by atoms with Crippen molar-refractivity contribution in [3.05, 3.63) is 47.2 Å². The van der Waals surface area contributed by atoms with E-state index in [1.54, 1.807) is 10.9 Å². The third-order valence-electron chi connectivity index (χ3n) is 3.98. The number of amides is 1. The summed E-state index contributed by atoms with van der Waals surface area (Å²) >= 11 is 0. The first-order valence-electron chi connectivity index (χ1n) is 7.31. The van der Waals surface area contributed by atoms with Crippen LogP contribution in [0.4, 0.5) is 19.0 Å². The zero-order valence-electron chi connectivity index (χ0n) is 12.7. The van der Waals surface area contributed by atoms with E-state index in [4.69, 9.17) is 0 Å². The van der Waals surface area contributed by atoms with Crippen molar-refractivity contribution < 1.29 is 18.0 Å². The van der Waals surface area contributed by atoms with E-state index in [1.165, 1.54) is 12.1 Å². The van der Waals surface area contributed by atoms with Gasteiger partial charge in [-0.15, -0.1) is 0 Å². The van der Waals surface area contributed by atoms with Crippen LogP contribution in [0, 0.1) is 0 Å². The van der Waals surface area contributed by atoms with Crippen LogP contribution >= 0.6 is 0 Å². The maximum Gasteiger partial charge on any atom is 0.416 e. The van der Waals surface area contributed by atoms with Crippen molar-refractivity contribution in [2.24, 2.45) is 0 Å². The summed E-state index contributed by atoms with van der Waals surface area (Å²) in [5.74, 6) is 0.180. The fourth-order valence-corrected chi connectivity index (χ4v) is 2.83. The smallest absolute Gasteiger partial charge is 0.311 e. The number of aromatic nitrogens is 2. The summed E-state index contributed by atoms with van der Waals surface area (Å²) in [5, 5.41) is 7.09. The number of nitrogens with one attached hydrogen (secondary N) is 1. The van der Waals surface area contributed by atoms with E-state index >= 15 is 0 Å². The fraction of sp³-hybridized carbons (Fsp3) is 0.375. The molecular weight excluding hydrogens is 307 g/mol. The van der Waals surface area contributed by atoms with Gasteiger partial charge in [0.25, 0.3) is 0 Å². The number of nitrogens with zero attached hydrogens (tertiary/aromatic N) is 2. The van der Waals surface area contributed by atoms with Crippen LogP contribution in [0.2, 0.25) is 0 Å². The Morgan fingerprint density at radius 2 is 1.91 bits per heavy atom. The van der Waals surface area contributed by atoms with E-state index in [9.17, 15) is 18.0 Å². The maximum atomic E-state index is 12.7. The molecule has 0 saturated heterocycles. The molecule has 23 heavy (non-hydrogen) atoms. The number of rotatable bonds is 2. The molecule has 1 amide bonds. The van der Waals surface area contributed by atoms with E-state index in [0.717, 1.165) is 17.7 Å². The Balaban J connectivity index is 2.00. The topological polar surface area (TPSA) is 46.9 Å². The second-order valence-corrected chi connectivity index (χ2v) is 5.91. The molecule has 7 heteroatoms. The highest BCUT2D eigenvalue weighted by atomic mass is 19.4. The van der Waals surface area contributed by atoms with Crippen LogP contribution in [-0.2, 0) is 11.0 Å². The van der Waals surface area contributed by atoms with Gasteiger partial charge in [0.05, 0.1) is 11.8 Å². The molecule has 0 fully saturated rings. The molecule has 0 saturated carbocycles. The zero-order chi connectivity index (χ0) is 16.8. The fourth-order valence-electron chi connectivity index (χ4n) is 2.83. The van der Waals surface area contributed by atoms with Crippen LogP contribution in [0.5, 0.6) is 0 Å². The number of benzene rings is 1. The van der Waals surface area contributed by atoms with Gasteiger partial charge in [-0.2, -0.15) is 18.3 Å². The van der Waals surface area contributed by atoms with Gasteiger partial charge in [0.2, 0.25) is 5.91 Å². The van der Waals surface area contributed by atoms with Crippen LogP contribution in [0.1, 0.15) is 48.9 Å². The summed E-state index contributed by atoms with van der Waals surface area (Å²) in [5.41, 5.74) is 0.815. The molecule has 122 valence electrons. The average molecular weight is 323 g/mol. The minimum Gasteiger partial charge on any atom is -0.311 e.